The normalized spacial score (nSPS) is 32.8. The first-order valence-corrected chi connectivity index (χ1v) is 7.04. The molecule has 3 heteroatoms. The smallest absolute Gasteiger partial charge is 0.224 e. The Morgan fingerprint density at radius 3 is 2.76 bits per heavy atom. The Hall–Kier alpha value is -0.570. The zero-order chi connectivity index (χ0) is 12.5. The van der Waals surface area contributed by atoms with Gasteiger partial charge in [0.15, 0.2) is 0 Å². The summed E-state index contributed by atoms with van der Waals surface area (Å²) in [6.45, 7) is 8.67. The van der Waals surface area contributed by atoms with E-state index in [0.29, 0.717) is 24.3 Å². The molecule has 0 aromatic carbocycles. The zero-order valence-electron chi connectivity index (χ0n) is 11.5. The quantitative estimate of drug-likeness (QED) is 0.799. The fourth-order valence-electron chi connectivity index (χ4n) is 3.26. The molecule has 0 aromatic heterocycles. The molecule has 3 nitrogen and oxygen atoms in total. The van der Waals surface area contributed by atoms with Gasteiger partial charge >= 0.3 is 0 Å². The molecule has 2 heterocycles. The first-order valence-electron chi connectivity index (χ1n) is 7.04. The van der Waals surface area contributed by atoms with Gasteiger partial charge in [-0.1, -0.05) is 6.92 Å². The van der Waals surface area contributed by atoms with Gasteiger partial charge in [0.25, 0.3) is 0 Å². The van der Waals surface area contributed by atoms with Gasteiger partial charge in [-0.15, -0.1) is 0 Å². The molecule has 2 aliphatic heterocycles. The minimum atomic E-state index is 0.0784. The SMILES string of the molecule is CC1CCCNC1CC(=O)N1CCCC1(C)C. The molecular formula is C14H26N2O. The highest BCUT2D eigenvalue weighted by atomic mass is 16.2. The summed E-state index contributed by atoms with van der Waals surface area (Å²) in [4.78, 5) is 14.5. The summed E-state index contributed by atoms with van der Waals surface area (Å²) in [5.74, 6) is 0.983. The Morgan fingerprint density at radius 2 is 2.18 bits per heavy atom. The summed E-state index contributed by atoms with van der Waals surface area (Å²) in [6, 6.07) is 0.396. The van der Waals surface area contributed by atoms with E-state index in [4.69, 9.17) is 0 Å². The molecule has 0 spiro atoms. The summed E-state index contributed by atoms with van der Waals surface area (Å²) in [5, 5.41) is 3.50. The van der Waals surface area contributed by atoms with E-state index in [0.717, 1.165) is 25.9 Å². The highest BCUT2D eigenvalue weighted by molar-refractivity contribution is 5.78. The summed E-state index contributed by atoms with van der Waals surface area (Å²) in [5.41, 5.74) is 0.0784. The highest BCUT2D eigenvalue weighted by Gasteiger charge is 2.36. The van der Waals surface area contributed by atoms with Gasteiger partial charge in [0.1, 0.15) is 0 Å². The number of rotatable bonds is 2. The molecule has 2 aliphatic rings. The molecule has 0 aromatic rings. The van der Waals surface area contributed by atoms with Crippen LogP contribution in [0.5, 0.6) is 0 Å². The Morgan fingerprint density at radius 1 is 1.41 bits per heavy atom. The maximum absolute atomic E-state index is 12.4. The van der Waals surface area contributed by atoms with Crippen LogP contribution in [0.4, 0.5) is 0 Å². The number of carbonyl (C=O) groups is 1. The molecule has 2 rings (SSSR count). The van der Waals surface area contributed by atoms with Crippen LogP contribution in [-0.4, -0.2) is 35.5 Å². The summed E-state index contributed by atoms with van der Waals surface area (Å²) < 4.78 is 0. The van der Waals surface area contributed by atoms with Crippen LogP contribution in [0.3, 0.4) is 0 Å². The third-order valence-electron chi connectivity index (χ3n) is 4.53. The van der Waals surface area contributed by atoms with E-state index >= 15 is 0 Å². The Balaban J connectivity index is 1.92. The largest absolute Gasteiger partial charge is 0.338 e. The third kappa shape index (κ3) is 2.82. The van der Waals surface area contributed by atoms with E-state index in [2.05, 4.69) is 31.0 Å². The fourth-order valence-corrected chi connectivity index (χ4v) is 3.26. The Bertz CT molecular complexity index is 288. The Labute approximate surface area is 105 Å². The molecule has 2 atom stereocenters. The fraction of sp³-hybridized carbons (Fsp3) is 0.929. The van der Waals surface area contributed by atoms with Gasteiger partial charge in [-0.3, -0.25) is 4.79 Å². The lowest BCUT2D eigenvalue weighted by molar-refractivity contribution is -0.135. The Kier molecular flexibility index (Phi) is 3.76. The number of carbonyl (C=O) groups excluding carboxylic acids is 1. The number of amides is 1. The summed E-state index contributed by atoms with van der Waals surface area (Å²) in [7, 11) is 0. The van der Waals surface area contributed by atoms with Crippen LogP contribution in [-0.2, 0) is 4.79 Å². The maximum atomic E-state index is 12.4. The van der Waals surface area contributed by atoms with Crippen LogP contribution < -0.4 is 5.32 Å². The molecule has 0 aliphatic carbocycles. The number of piperidine rings is 1. The third-order valence-corrected chi connectivity index (χ3v) is 4.53. The number of nitrogens with one attached hydrogen (secondary N) is 1. The minimum Gasteiger partial charge on any atom is -0.338 e. The van der Waals surface area contributed by atoms with Crippen LogP contribution in [0, 0.1) is 5.92 Å². The van der Waals surface area contributed by atoms with Crippen molar-refractivity contribution in [1.29, 1.82) is 0 Å². The molecule has 1 N–H and O–H groups in total. The predicted octanol–water partition coefficient (Wildman–Crippen LogP) is 2.17. The van der Waals surface area contributed by atoms with Crippen molar-refractivity contribution >= 4 is 5.91 Å². The first-order chi connectivity index (χ1) is 8.00. The molecule has 2 saturated heterocycles. The van der Waals surface area contributed by atoms with E-state index in [1.54, 1.807) is 0 Å². The number of hydrogen-bond acceptors (Lipinski definition) is 2. The molecule has 0 bridgehead atoms. The number of hydrogen-bond donors (Lipinski definition) is 1. The predicted molar refractivity (Wildman–Crippen MR) is 69.8 cm³/mol. The van der Waals surface area contributed by atoms with Crippen molar-refractivity contribution in [3.63, 3.8) is 0 Å². The van der Waals surface area contributed by atoms with Gasteiger partial charge in [-0.2, -0.15) is 0 Å². The summed E-state index contributed by atoms with van der Waals surface area (Å²) in [6.07, 6.45) is 5.50. The van der Waals surface area contributed by atoms with Crippen LogP contribution >= 0.6 is 0 Å². The number of nitrogens with zero attached hydrogens (tertiary/aromatic N) is 1. The highest BCUT2D eigenvalue weighted by Crippen LogP contribution is 2.29. The van der Waals surface area contributed by atoms with Crippen molar-refractivity contribution in [2.45, 2.75) is 64.5 Å². The van der Waals surface area contributed by atoms with Gasteiger partial charge in [0.2, 0.25) is 5.91 Å². The molecular weight excluding hydrogens is 212 g/mol. The van der Waals surface area contributed by atoms with Gasteiger partial charge in [-0.05, 0) is 52.0 Å². The minimum absolute atomic E-state index is 0.0784. The van der Waals surface area contributed by atoms with Crippen molar-refractivity contribution < 1.29 is 4.79 Å². The van der Waals surface area contributed by atoms with Gasteiger partial charge in [-0.25, -0.2) is 0 Å². The van der Waals surface area contributed by atoms with Crippen molar-refractivity contribution in [2.75, 3.05) is 13.1 Å². The van der Waals surface area contributed by atoms with E-state index in [9.17, 15) is 4.79 Å². The zero-order valence-corrected chi connectivity index (χ0v) is 11.5. The second-order valence-electron chi connectivity index (χ2n) is 6.35. The topological polar surface area (TPSA) is 32.3 Å². The average molecular weight is 238 g/mol. The summed E-state index contributed by atoms with van der Waals surface area (Å²) >= 11 is 0. The van der Waals surface area contributed by atoms with Crippen molar-refractivity contribution in [2.24, 2.45) is 5.92 Å². The maximum Gasteiger partial charge on any atom is 0.224 e. The lowest BCUT2D eigenvalue weighted by Gasteiger charge is -2.35. The van der Waals surface area contributed by atoms with Crippen LogP contribution in [0.1, 0.15) is 52.9 Å². The van der Waals surface area contributed by atoms with E-state index < -0.39 is 0 Å². The van der Waals surface area contributed by atoms with Crippen molar-refractivity contribution in [3.05, 3.63) is 0 Å². The van der Waals surface area contributed by atoms with Gasteiger partial charge in [0, 0.05) is 24.5 Å². The standard InChI is InChI=1S/C14H26N2O/c1-11-6-4-8-15-12(11)10-13(17)16-9-5-7-14(16,2)3/h11-12,15H,4-10H2,1-3H3. The molecule has 2 unspecified atom stereocenters. The molecule has 0 saturated carbocycles. The van der Waals surface area contributed by atoms with Gasteiger partial charge < -0.3 is 10.2 Å². The second kappa shape index (κ2) is 4.97. The average Bonchev–Trinajstić information content (AvgIpc) is 2.61. The van der Waals surface area contributed by atoms with Crippen LogP contribution in [0.25, 0.3) is 0 Å². The number of likely N-dealkylation sites (tertiary alicyclic amines) is 1. The molecule has 98 valence electrons. The van der Waals surface area contributed by atoms with Crippen molar-refractivity contribution in [3.8, 4) is 0 Å². The molecule has 17 heavy (non-hydrogen) atoms. The molecule has 2 fully saturated rings. The van der Waals surface area contributed by atoms with E-state index in [-0.39, 0.29) is 5.54 Å². The molecule has 1 amide bonds. The lowest BCUT2D eigenvalue weighted by atomic mass is 9.90. The van der Waals surface area contributed by atoms with Gasteiger partial charge in [0.05, 0.1) is 0 Å². The van der Waals surface area contributed by atoms with Crippen LogP contribution in [0.15, 0.2) is 0 Å². The lowest BCUT2D eigenvalue weighted by Crippen LogP contribution is -2.48. The van der Waals surface area contributed by atoms with Crippen LogP contribution in [0.2, 0.25) is 0 Å². The molecule has 0 radical (unpaired) electrons. The first kappa shape index (κ1) is 12.9. The van der Waals surface area contributed by atoms with Crippen molar-refractivity contribution in [1.82, 2.24) is 10.2 Å². The second-order valence-corrected chi connectivity index (χ2v) is 6.35. The van der Waals surface area contributed by atoms with E-state index in [1.165, 1.54) is 12.8 Å². The monoisotopic (exact) mass is 238 g/mol. The van der Waals surface area contributed by atoms with E-state index in [1.807, 2.05) is 0 Å².